The number of aliphatic carboxylic acids is 1. The quantitative estimate of drug-likeness (QED) is 0.0538. The maximum absolute atomic E-state index is 13.9. The van der Waals surface area contributed by atoms with Crippen LogP contribution < -0.4 is 5.32 Å². The number of hydrogen-bond donors (Lipinski definition) is 2. The minimum atomic E-state index is -1.26. The fraction of sp³-hybridized carbons (Fsp3) is 0.778. The van der Waals surface area contributed by atoms with Gasteiger partial charge in [-0.05, 0) is 45.2 Å². The van der Waals surface area contributed by atoms with E-state index >= 15 is 0 Å². The van der Waals surface area contributed by atoms with Gasteiger partial charge in [0.1, 0.15) is 6.04 Å². The molecule has 0 fully saturated rings. The summed E-state index contributed by atoms with van der Waals surface area (Å²) >= 11 is 0. The van der Waals surface area contributed by atoms with Crippen LogP contribution in [-0.2, 0) is 66.8 Å². The monoisotopic (exact) mass is 790 g/mol. The molecule has 316 valence electrons. The molecule has 0 aliphatic carbocycles. The Hall–Kier alpha value is -4.36. The number of hydrogen-bond acceptors (Lipinski definition) is 17. The average Bonchev–Trinajstić information content (AvgIpc) is 3.19. The topological polar surface area (TPSA) is 234 Å². The molecule has 1 amide bonds. The van der Waals surface area contributed by atoms with Crippen LogP contribution in [0.5, 0.6) is 0 Å². The fourth-order valence-corrected chi connectivity index (χ4v) is 5.54. The van der Waals surface area contributed by atoms with Crippen LogP contribution in [0, 0.1) is 0 Å². The number of methoxy groups -OCH3 is 6. The molecule has 0 heterocycles. The molecule has 2 unspecified atom stereocenters. The van der Waals surface area contributed by atoms with Gasteiger partial charge < -0.3 is 48.6 Å². The summed E-state index contributed by atoms with van der Waals surface area (Å²) in [4.78, 5) is 103. The van der Waals surface area contributed by atoms with Gasteiger partial charge in [-0.2, -0.15) is 0 Å². The number of amides is 1. The summed E-state index contributed by atoms with van der Waals surface area (Å²) in [5, 5.41) is 12.7. The molecule has 0 saturated carbocycles. The third-order valence-corrected chi connectivity index (χ3v) is 8.88. The van der Waals surface area contributed by atoms with E-state index in [1.807, 2.05) is 9.80 Å². The lowest BCUT2D eigenvalue weighted by atomic mass is 10.0. The summed E-state index contributed by atoms with van der Waals surface area (Å²) in [6.45, 7) is 2.28. The first-order valence-corrected chi connectivity index (χ1v) is 18.4. The highest BCUT2D eigenvalue weighted by Crippen LogP contribution is 2.15. The molecule has 55 heavy (non-hydrogen) atoms. The lowest BCUT2D eigenvalue weighted by Gasteiger charge is -2.31. The summed E-state index contributed by atoms with van der Waals surface area (Å²) in [5.74, 6) is -4.56. The van der Waals surface area contributed by atoms with Crippen LogP contribution in [-0.4, -0.2) is 175 Å². The molecule has 2 N–H and O–H groups in total. The molecule has 0 aromatic rings. The molecule has 0 saturated heterocycles. The van der Waals surface area contributed by atoms with Crippen LogP contribution in [0.1, 0.15) is 77.0 Å². The average molecular weight is 791 g/mol. The number of nitrogens with one attached hydrogen (secondary N) is 1. The second kappa shape index (κ2) is 30.9. The van der Waals surface area contributed by atoms with Gasteiger partial charge in [0.2, 0.25) is 5.91 Å². The van der Waals surface area contributed by atoms with E-state index < -0.39 is 59.8 Å². The third-order valence-electron chi connectivity index (χ3n) is 8.88. The minimum absolute atomic E-state index is 0.0386. The number of ether oxygens (including phenoxy) is 6. The number of carboxylic acid groups (broad SMARTS) is 1. The molecule has 0 bridgehead atoms. The van der Waals surface area contributed by atoms with Crippen molar-refractivity contribution in [3.63, 3.8) is 0 Å². The van der Waals surface area contributed by atoms with Crippen molar-refractivity contribution in [1.29, 1.82) is 0 Å². The van der Waals surface area contributed by atoms with Gasteiger partial charge in [0.05, 0.1) is 87.2 Å². The number of rotatable bonds is 32. The van der Waals surface area contributed by atoms with Gasteiger partial charge in [0, 0.05) is 39.3 Å². The minimum Gasteiger partial charge on any atom is -0.480 e. The maximum atomic E-state index is 13.9. The summed E-state index contributed by atoms with van der Waals surface area (Å²) in [6.07, 6.45) is 2.38. The van der Waals surface area contributed by atoms with Gasteiger partial charge in [0.15, 0.2) is 0 Å². The number of carbonyl (C=O) groups excluding carboxylic acids is 7. The molecule has 19 heteroatoms. The van der Waals surface area contributed by atoms with Crippen molar-refractivity contribution in [3.8, 4) is 0 Å². The SMILES string of the molecule is COC(=O)CCN(CCCCC(NC(=O)C(CCCCN(CCC(=O)OC)CCC(=O)OC)N(CCC(=O)OC)CCC(=O)OC)C(=O)O)CCC(=O)OC. The summed E-state index contributed by atoms with van der Waals surface area (Å²) in [5.41, 5.74) is 0. The van der Waals surface area contributed by atoms with E-state index in [0.29, 0.717) is 65.0 Å². The lowest BCUT2D eigenvalue weighted by Crippen LogP contribution is -2.52. The van der Waals surface area contributed by atoms with Gasteiger partial charge in [-0.15, -0.1) is 0 Å². The summed E-state index contributed by atoms with van der Waals surface area (Å²) in [6, 6.07) is -2.20. The highest BCUT2D eigenvalue weighted by atomic mass is 16.5. The number of nitrogens with zero attached hydrogens (tertiary/aromatic N) is 3. The van der Waals surface area contributed by atoms with Gasteiger partial charge in [-0.1, -0.05) is 6.42 Å². The van der Waals surface area contributed by atoms with Crippen LogP contribution in [0.3, 0.4) is 0 Å². The van der Waals surface area contributed by atoms with E-state index in [4.69, 9.17) is 28.4 Å². The van der Waals surface area contributed by atoms with Crippen molar-refractivity contribution in [2.45, 2.75) is 89.1 Å². The third kappa shape index (κ3) is 24.6. The molecule has 2 atom stereocenters. The molecular weight excluding hydrogens is 728 g/mol. The lowest BCUT2D eigenvalue weighted by molar-refractivity contribution is -0.144. The molecule has 0 spiro atoms. The Balaban J connectivity index is 5.92. The molecular formula is C36H62N4O15. The van der Waals surface area contributed by atoms with Crippen LogP contribution in [0.4, 0.5) is 0 Å². The molecule has 0 radical (unpaired) electrons. The summed E-state index contributed by atoms with van der Waals surface area (Å²) in [7, 11) is 7.59. The van der Waals surface area contributed by atoms with E-state index in [2.05, 4.69) is 5.32 Å². The number of unbranched alkanes of at least 4 members (excludes halogenated alkanes) is 2. The van der Waals surface area contributed by atoms with Crippen molar-refractivity contribution in [2.24, 2.45) is 0 Å². The highest BCUT2D eigenvalue weighted by Gasteiger charge is 2.30. The zero-order chi connectivity index (χ0) is 41.6. The van der Waals surface area contributed by atoms with E-state index in [1.54, 1.807) is 4.90 Å². The van der Waals surface area contributed by atoms with Gasteiger partial charge in [-0.25, -0.2) is 4.79 Å². The van der Waals surface area contributed by atoms with Crippen molar-refractivity contribution >= 4 is 47.7 Å². The van der Waals surface area contributed by atoms with E-state index in [-0.39, 0.29) is 64.5 Å². The molecule has 0 aliphatic heterocycles. The molecule has 19 nitrogen and oxygen atoms in total. The van der Waals surface area contributed by atoms with Crippen LogP contribution >= 0.6 is 0 Å². The zero-order valence-corrected chi connectivity index (χ0v) is 33.3. The number of esters is 6. The standard InChI is InChI=1S/C36H62N4O15/c1-50-29(41)13-21-38(22-14-30(42)51-2)19-9-7-11-27(36(48)49)37-35(47)28(40(25-17-33(45)54-5)26-18-34(46)55-6)12-8-10-20-39(23-15-31(43)52-3)24-16-32(44)53-4/h27-28H,7-26H2,1-6H3,(H,37,47)(H,48,49). The Morgan fingerprint density at radius 3 is 1.07 bits per heavy atom. The molecule has 0 aliphatic rings. The smallest absolute Gasteiger partial charge is 0.326 e. The largest absolute Gasteiger partial charge is 0.480 e. The van der Waals surface area contributed by atoms with E-state index in [0.717, 1.165) is 0 Å². The highest BCUT2D eigenvalue weighted by molar-refractivity contribution is 5.87. The Labute approximate surface area is 323 Å². The van der Waals surface area contributed by atoms with E-state index in [1.165, 1.54) is 42.7 Å². The van der Waals surface area contributed by atoms with Crippen molar-refractivity contribution < 1.29 is 71.9 Å². The first kappa shape index (κ1) is 50.6. The van der Waals surface area contributed by atoms with Crippen molar-refractivity contribution in [1.82, 2.24) is 20.0 Å². The normalized spacial score (nSPS) is 12.1. The zero-order valence-electron chi connectivity index (χ0n) is 33.3. The molecule has 0 aromatic carbocycles. The maximum Gasteiger partial charge on any atom is 0.326 e. The van der Waals surface area contributed by atoms with Gasteiger partial charge in [0.25, 0.3) is 0 Å². The Morgan fingerprint density at radius 2 is 0.764 bits per heavy atom. The molecule has 0 rings (SSSR count). The molecule has 0 aromatic heterocycles. The predicted octanol–water partition coefficient (Wildman–Crippen LogP) is 0.550. The van der Waals surface area contributed by atoms with Crippen LogP contribution in [0.25, 0.3) is 0 Å². The van der Waals surface area contributed by atoms with Crippen molar-refractivity contribution in [3.05, 3.63) is 0 Å². The predicted molar refractivity (Wildman–Crippen MR) is 195 cm³/mol. The van der Waals surface area contributed by atoms with Crippen LogP contribution in [0.15, 0.2) is 0 Å². The summed E-state index contributed by atoms with van der Waals surface area (Å²) < 4.78 is 28.5. The number of carbonyl (C=O) groups is 8. The Kier molecular flexibility index (Phi) is 28.5. The Bertz CT molecular complexity index is 1140. The van der Waals surface area contributed by atoms with E-state index in [9.17, 15) is 43.5 Å². The second-order valence-electron chi connectivity index (χ2n) is 12.6. The first-order valence-electron chi connectivity index (χ1n) is 18.4. The number of carboxylic acids is 1. The first-order chi connectivity index (χ1) is 26.2. The Morgan fingerprint density at radius 1 is 0.455 bits per heavy atom. The fourth-order valence-electron chi connectivity index (χ4n) is 5.54. The van der Waals surface area contributed by atoms with Gasteiger partial charge >= 0.3 is 41.8 Å². The second-order valence-corrected chi connectivity index (χ2v) is 12.6. The van der Waals surface area contributed by atoms with Crippen LogP contribution in [0.2, 0.25) is 0 Å². The van der Waals surface area contributed by atoms with Gasteiger partial charge in [-0.3, -0.25) is 38.5 Å². The van der Waals surface area contributed by atoms with Crippen molar-refractivity contribution in [2.75, 3.05) is 95.0 Å².